The molecule has 0 radical (unpaired) electrons. The molecule has 0 aliphatic carbocycles. The Bertz CT molecular complexity index is 1080. The zero-order chi connectivity index (χ0) is 27.8. The highest BCUT2D eigenvalue weighted by Crippen LogP contribution is 2.42. The van der Waals surface area contributed by atoms with Crippen molar-refractivity contribution in [1.29, 1.82) is 0 Å². The van der Waals surface area contributed by atoms with Crippen LogP contribution in [0, 0.1) is 5.92 Å². The number of carbonyl (C=O) groups excluding carboxylic acids is 2. The largest absolute Gasteiger partial charge is 0.465 e. The molecule has 10 heteroatoms. The zero-order valence-electron chi connectivity index (χ0n) is 22.5. The van der Waals surface area contributed by atoms with Crippen LogP contribution in [0.25, 0.3) is 0 Å². The van der Waals surface area contributed by atoms with Crippen molar-refractivity contribution in [1.82, 2.24) is 10.2 Å². The van der Waals surface area contributed by atoms with Crippen molar-refractivity contribution in [3.05, 3.63) is 65.2 Å². The number of amides is 2. The van der Waals surface area contributed by atoms with Crippen LogP contribution in [0.4, 0.5) is 10.5 Å². The summed E-state index contributed by atoms with van der Waals surface area (Å²) in [4.78, 5) is 25.9. The smallest absolute Gasteiger partial charge is 0.325 e. The van der Waals surface area contributed by atoms with Gasteiger partial charge in [0, 0.05) is 29.8 Å². The molecule has 2 aliphatic heterocycles. The number of ether oxygens (including phenoxy) is 3. The molecule has 4 N–H and O–H groups in total. The number of urea groups is 1. The lowest BCUT2D eigenvalue weighted by atomic mass is 9.90. The summed E-state index contributed by atoms with van der Waals surface area (Å²) in [5, 5.41) is 24.5. The van der Waals surface area contributed by atoms with Gasteiger partial charge in [-0.25, -0.2) is 4.79 Å². The predicted octanol–water partition coefficient (Wildman–Crippen LogP) is 3.11. The highest BCUT2D eigenvalue weighted by atomic mass is 16.7. The van der Waals surface area contributed by atoms with Crippen molar-refractivity contribution in [2.75, 3.05) is 38.2 Å². The fourth-order valence-corrected chi connectivity index (χ4v) is 5.16. The molecule has 2 amide bonds. The van der Waals surface area contributed by atoms with Crippen molar-refractivity contribution in [3.63, 3.8) is 0 Å². The van der Waals surface area contributed by atoms with E-state index in [0.29, 0.717) is 12.2 Å². The second-order valence-electron chi connectivity index (χ2n) is 10.0. The second kappa shape index (κ2) is 13.9. The molecule has 0 saturated carbocycles. The van der Waals surface area contributed by atoms with E-state index < -0.39 is 18.3 Å². The Morgan fingerprint density at radius 2 is 1.77 bits per heavy atom. The van der Waals surface area contributed by atoms with Gasteiger partial charge < -0.3 is 35.1 Å². The van der Waals surface area contributed by atoms with Crippen LogP contribution < -0.4 is 10.6 Å². The zero-order valence-corrected chi connectivity index (χ0v) is 22.5. The molecular weight excluding hydrogens is 502 g/mol. The first-order chi connectivity index (χ1) is 18.9. The highest BCUT2D eigenvalue weighted by Gasteiger charge is 2.40. The SMILES string of the molecule is CCOC(=O)CNC(=O)Nc1ccc([C@H]2O[C@@H](CN3CCC[C@H]3CO)[C@@H](C)[C@@H](c3ccc(CO)cc3)O2)cc1. The minimum absolute atomic E-state index is 0.0194. The molecule has 2 aliphatic rings. The topological polar surface area (TPSA) is 130 Å². The number of esters is 1. The maximum Gasteiger partial charge on any atom is 0.325 e. The Balaban J connectivity index is 1.47. The molecule has 0 aromatic heterocycles. The normalized spacial score (nSPS) is 25.3. The van der Waals surface area contributed by atoms with Gasteiger partial charge in [-0.2, -0.15) is 0 Å². The summed E-state index contributed by atoms with van der Waals surface area (Å²) in [7, 11) is 0. The van der Waals surface area contributed by atoms with Crippen LogP contribution in [0.1, 0.15) is 55.8 Å². The number of nitrogens with zero attached hydrogens (tertiary/aromatic N) is 1. The highest BCUT2D eigenvalue weighted by molar-refractivity contribution is 5.91. The molecule has 39 heavy (non-hydrogen) atoms. The van der Waals surface area contributed by atoms with Gasteiger partial charge in [0.05, 0.1) is 32.0 Å². The van der Waals surface area contributed by atoms with Gasteiger partial charge in [-0.1, -0.05) is 43.3 Å². The van der Waals surface area contributed by atoms with Gasteiger partial charge in [0.2, 0.25) is 0 Å². The molecule has 212 valence electrons. The van der Waals surface area contributed by atoms with E-state index in [0.717, 1.165) is 36.1 Å². The molecule has 2 aromatic carbocycles. The number of hydrogen-bond donors (Lipinski definition) is 4. The van der Waals surface area contributed by atoms with Gasteiger partial charge in [-0.15, -0.1) is 0 Å². The Kier molecular flexibility index (Phi) is 10.3. The van der Waals surface area contributed by atoms with Crippen LogP contribution in [0.2, 0.25) is 0 Å². The van der Waals surface area contributed by atoms with Crippen molar-refractivity contribution >= 4 is 17.7 Å². The molecule has 4 rings (SSSR count). The number of aliphatic hydroxyl groups is 2. The first-order valence-corrected chi connectivity index (χ1v) is 13.6. The number of anilines is 1. The number of nitrogens with one attached hydrogen (secondary N) is 2. The quantitative estimate of drug-likeness (QED) is 0.338. The van der Waals surface area contributed by atoms with Crippen molar-refractivity contribution in [2.45, 2.75) is 57.8 Å². The monoisotopic (exact) mass is 541 g/mol. The van der Waals surface area contributed by atoms with Gasteiger partial charge in [0.25, 0.3) is 0 Å². The van der Waals surface area contributed by atoms with Crippen molar-refractivity contribution < 1.29 is 34.0 Å². The average molecular weight is 542 g/mol. The lowest BCUT2D eigenvalue weighted by Gasteiger charge is -2.43. The number of benzene rings is 2. The van der Waals surface area contributed by atoms with Gasteiger partial charge in [-0.3, -0.25) is 9.69 Å². The molecule has 10 nitrogen and oxygen atoms in total. The minimum atomic E-state index is -0.629. The van der Waals surface area contributed by atoms with E-state index in [1.807, 2.05) is 36.4 Å². The van der Waals surface area contributed by atoms with Gasteiger partial charge in [0.1, 0.15) is 6.54 Å². The van der Waals surface area contributed by atoms with Crippen LogP contribution in [0.15, 0.2) is 48.5 Å². The van der Waals surface area contributed by atoms with Crippen molar-refractivity contribution in [3.8, 4) is 0 Å². The van der Waals surface area contributed by atoms with E-state index in [4.69, 9.17) is 14.2 Å². The third-order valence-electron chi connectivity index (χ3n) is 7.39. The molecule has 0 unspecified atom stereocenters. The number of aliphatic hydroxyl groups excluding tert-OH is 2. The third-order valence-corrected chi connectivity index (χ3v) is 7.39. The second-order valence-corrected chi connectivity index (χ2v) is 10.0. The summed E-state index contributed by atoms with van der Waals surface area (Å²) in [5.74, 6) is -0.455. The summed E-state index contributed by atoms with van der Waals surface area (Å²) in [6.07, 6.45) is 1.04. The molecular formula is C29H39N3O7. The van der Waals surface area contributed by atoms with E-state index in [9.17, 15) is 19.8 Å². The number of carbonyl (C=O) groups is 2. The van der Waals surface area contributed by atoms with E-state index in [-0.39, 0.29) is 50.5 Å². The maximum atomic E-state index is 12.1. The standard InChI is InChI=1S/C29H39N3O7/c1-3-37-26(35)15-30-29(36)31-23-12-10-22(11-13-23)28-38-25(16-32-14-4-5-24(32)18-34)19(2)27(39-28)21-8-6-20(17-33)7-9-21/h6-13,19,24-25,27-28,33-34H,3-5,14-18H2,1-2H3,(H2,30,31,36)/t19-,24+,25+,27+,28+/m1/s1. The van der Waals surface area contributed by atoms with E-state index in [2.05, 4.69) is 22.5 Å². The number of hydrogen-bond acceptors (Lipinski definition) is 8. The summed E-state index contributed by atoms with van der Waals surface area (Å²) >= 11 is 0. The van der Waals surface area contributed by atoms with Crippen LogP contribution >= 0.6 is 0 Å². The van der Waals surface area contributed by atoms with E-state index >= 15 is 0 Å². The summed E-state index contributed by atoms with van der Waals surface area (Å²) < 4.78 is 17.8. The van der Waals surface area contributed by atoms with Gasteiger partial charge in [-0.05, 0) is 49.6 Å². The molecule has 2 heterocycles. The van der Waals surface area contributed by atoms with Crippen LogP contribution in [-0.4, -0.2) is 72.1 Å². The first-order valence-electron chi connectivity index (χ1n) is 13.6. The Hall–Kier alpha value is -3.02. The average Bonchev–Trinajstić information content (AvgIpc) is 3.41. The minimum Gasteiger partial charge on any atom is -0.465 e. The Labute approximate surface area is 229 Å². The maximum absolute atomic E-state index is 12.1. The summed E-state index contributed by atoms with van der Waals surface area (Å²) in [5.41, 5.74) is 3.21. The van der Waals surface area contributed by atoms with Crippen LogP contribution in [0.3, 0.4) is 0 Å². The van der Waals surface area contributed by atoms with Crippen LogP contribution in [-0.2, 0) is 25.6 Å². The van der Waals surface area contributed by atoms with Gasteiger partial charge in [0.15, 0.2) is 6.29 Å². The number of likely N-dealkylation sites (tertiary alicyclic amines) is 1. The summed E-state index contributed by atoms with van der Waals surface area (Å²) in [6.45, 7) is 5.60. The van der Waals surface area contributed by atoms with E-state index in [1.54, 1.807) is 19.1 Å². The summed E-state index contributed by atoms with van der Waals surface area (Å²) in [6, 6.07) is 14.6. The van der Waals surface area contributed by atoms with Gasteiger partial charge >= 0.3 is 12.0 Å². The Morgan fingerprint density at radius 3 is 2.44 bits per heavy atom. The molecule has 2 aromatic rings. The first kappa shape index (κ1) is 29.0. The fraction of sp³-hybridized carbons (Fsp3) is 0.517. The van der Waals surface area contributed by atoms with Crippen molar-refractivity contribution in [2.24, 2.45) is 5.92 Å². The Morgan fingerprint density at radius 1 is 1.05 bits per heavy atom. The molecule has 2 saturated heterocycles. The number of rotatable bonds is 10. The lowest BCUT2D eigenvalue weighted by molar-refractivity contribution is -0.276. The fourth-order valence-electron chi connectivity index (χ4n) is 5.16. The molecule has 0 bridgehead atoms. The molecule has 5 atom stereocenters. The van der Waals surface area contributed by atoms with E-state index in [1.165, 1.54) is 0 Å². The van der Waals surface area contributed by atoms with Crippen LogP contribution in [0.5, 0.6) is 0 Å². The lowest BCUT2D eigenvalue weighted by Crippen LogP contribution is -2.46. The predicted molar refractivity (Wildman–Crippen MR) is 145 cm³/mol. The molecule has 2 fully saturated rings. The molecule has 0 spiro atoms. The third kappa shape index (κ3) is 7.55.